The van der Waals surface area contributed by atoms with Crippen molar-refractivity contribution >= 4 is 12.1 Å². The van der Waals surface area contributed by atoms with E-state index < -0.39 is 11.6 Å². The normalized spacial score (nSPS) is 19.3. The summed E-state index contributed by atoms with van der Waals surface area (Å²) in [7, 11) is 0. The van der Waals surface area contributed by atoms with Crippen molar-refractivity contribution in [1.29, 1.82) is 0 Å². The maximum Gasteiger partial charge on any atom is 0.410 e. The number of piperidine rings is 1. The van der Waals surface area contributed by atoms with Gasteiger partial charge in [0.2, 0.25) is 0 Å². The van der Waals surface area contributed by atoms with Crippen LogP contribution in [0.25, 0.3) is 0 Å². The highest BCUT2D eigenvalue weighted by atomic mass is 16.6. The van der Waals surface area contributed by atoms with E-state index in [-0.39, 0.29) is 18.6 Å². The van der Waals surface area contributed by atoms with Gasteiger partial charge < -0.3 is 19.5 Å². The largest absolute Gasteiger partial charge is 0.478 e. The molecular formula is C29H37NO5. The van der Waals surface area contributed by atoms with Crippen molar-refractivity contribution in [2.45, 2.75) is 82.8 Å². The summed E-state index contributed by atoms with van der Waals surface area (Å²) in [5.74, 6) is 0.330. The Bertz CT molecular complexity index is 1010. The molecule has 2 fully saturated rings. The molecule has 1 aliphatic heterocycles. The maximum absolute atomic E-state index is 12.8. The van der Waals surface area contributed by atoms with Gasteiger partial charge in [0, 0.05) is 19.0 Å². The van der Waals surface area contributed by atoms with Crippen LogP contribution >= 0.6 is 0 Å². The number of hydrogen-bond acceptors (Lipinski definition) is 4. The Morgan fingerprint density at radius 2 is 1.66 bits per heavy atom. The lowest BCUT2D eigenvalue weighted by Crippen LogP contribution is -2.39. The van der Waals surface area contributed by atoms with E-state index in [9.17, 15) is 14.7 Å². The number of nitrogens with zero attached hydrogens (tertiary/aromatic N) is 1. The fraction of sp³-hybridized carbons (Fsp3) is 0.517. The molecule has 0 spiro atoms. The number of benzene rings is 2. The third-order valence-electron chi connectivity index (χ3n) is 7.32. The number of hydrogen-bond donors (Lipinski definition) is 1. The van der Waals surface area contributed by atoms with Crippen LogP contribution in [0.15, 0.2) is 48.5 Å². The summed E-state index contributed by atoms with van der Waals surface area (Å²) in [6.07, 6.45) is 8.10. The summed E-state index contributed by atoms with van der Waals surface area (Å²) in [4.78, 5) is 26.0. The van der Waals surface area contributed by atoms with Gasteiger partial charge in [0.25, 0.3) is 0 Å². The molecule has 0 radical (unpaired) electrons. The molecule has 2 aromatic rings. The first-order chi connectivity index (χ1) is 16.8. The highest BCUT2D eigenvalue weighted by Gasteiger charge is 2.30. The molecule has 4 rings (SSSR count). The lowest BCUT2D eigenvalue weighted by atomic mass is 9.84. The van der Waals surface area contributed by atoms with E-state index in [1.807, 2.05) is 18.2 Å². The molecule has 0 bridgehead atoms. The van der Waals surface area contributed by atoms with Gasteiger partial charge in [-0.1, -0.05) is 55.7 Å². The van der Waals surface area contributed by atoms with Gasteiger partial charge in [0.05, 0.1) is 0 Å². The number of likely N-dealkylation sites (tertiary alicyclic amines) is 1. The van der Waals surface area contributed by atoms with Crippen molar-refractivity contribution in [2.24, 2.45) is 0 Å². The topological polar surface area (TPSA) is 76.1 Å². The first kappa shape index (κ1) is 25.1. The summed E-state index contributed by atoms with van der Waals surface area (Å²) in [5.41, 5.74) is 2.14. The zero-order chi connectivity index (χ0) is 24.8. The summed E-state index contributed by atoms with van der Waals surface area (Å²) < 4.78 is 11.3. The van der Waals surface area contributed by atoms with Crippen molar-refractivity contribution in [3.63, 3.8) is 0 Å². The van der Waals surface area contributed by atoms with Crippen LogP contribution in [-0.4, -0.2) is 40.8 Å². The van der Waals surface area contributed by atoms with Gasteiger partial charge >= 0.3 is 12.1 Å². The predicted molar refractivity (Wildman–Crippen MR) is 135 cm³/mol. The van der Waals surface area contributed by atoms with Gasteiger partial charge in [-0.3, -0.25) is 0 Å². The number of amides is 1. The Morgan fingerprint density at radius 3 is 2.37 bits per heavy atom. The molecule has 1 saturated carbocycles. The van der Waals surface area contributed by atoms with Crippen LogP contribution in [0.2, 0.25) is 0 Å². The van der Waals surface area contributed by atoms with Gasteiger partial charge in [-0.15, -0.1) is 0 Å². The number of carboxylic acids is 1. The molecule has 188 valence electrons. The van der Waals surface area contributed by atoms with E-state index in [0.29, 0.717) is 24.8 Å². The van der Waals surface area contributed by atoms with Crippen molar-refractivity contribution in [3.8, 4) is 5.75 Å². The van der Waals surface area contributed by atoms with Crippen molar-refractivity contribution in [2.75, 3.05) is 13.1 Å². The van der Waals surface area contributed by atoms with Crippen molar-refractivity contribution in [1.82, 2.24) is 4.90 Å². The molecule has 35 heavy (non-hydrogen) atoms. The second-order valence-electron chi connectivity index (χ2n) is 10.4. The number of carboxylic acid groups (broad SMARTS) is 1. The summed E-state index contributed by atoms with van der Waals surface area (Å²) in [6, 6.07) is 16.1. The number of rotatable bonds is 7. The second kappa shape index (κ2) is 11.1. The molecule has 1 heterocycles. The van der Waals surface area contributed by atoms with Crippen molar-refractivity contribution < 1.29 is 24.2 Å². The lowest BCUT2D eigenvalue weighted by molar-refractivity contribution is -0.152. The smallest absolute Gasteiger partial charge is 0.410 e. The van der Waals surface area contributed by atoms with E-state index in [1.165, 1.54) is 51.5 Å². The number of carbonyl (C=O) groups excluding carboxylic acids is 1. The molecule has 1 N–H and O–H groups in total. The SMILES string of the molecule is CC(C)(Oc1cccc(C2CCCN(C(=O)OCc3ccc(C4CCCCC4)cc3)C2)c1)C(=O)O. The third kappa shape index (κ3) is 6.56. The van der Waals surface area contributed by atoms with Crippen LogP contribution in [0, 0.1) is 0 Å². The highest BCUT2D eigenvalue weighted by Crippen LogP contribution is 2.33. The average Bonchev–Trinajstić information content (AvgIpc) is 2.88. The van der Waals surface area contributed by atoms with Gasteiger partial charge in [-0.05, 0) is 74.3 Å². The molecule has 6 nitrogen and oxygen atoms in total. The molecular weight excluding hydrogens is 442 g/mol. The van der Waals surface area contributed by atoms with E-state index in [0.717, 1.165) is 24.0 Å². The zero-order valence-electron chi connectivity index (χ0n) is 20.9. The van der Waals surface area contributed by atoms with Crippen LogP contribution < -0.4 is 4.74 Å². The molecule has 1 saturated heterocycles. The quantitative estimate of drug-likeness (QED) is 0.491. The first-order valence-electron chi connectivity index (χ1n) is 12.8. The van der Waals surface area contributed by atoms with E-state index in [4.69, 9.17) is 9.47 Å². The molecule has 1 unspecified atom stereocenters. The second-order valence-corrected chi connectivity index (χ2v) is 10.4. The van der Waals surface area contributed by atoms with Gasteiger partial charge in [-0.2, -0.15) is 0 Å². The van der Waals surface area contributed by atoms with Crippen LogP contribution in [0.4, 0.5) is 4.79 Å². The molecule has 2 aliphatic rings. The van der Waals surface area contributed by atoms with Gasteiger partial charge in [0.15, 0.2) is 5.60 Å². The predicted octanol–water partition coefficient (Wildman–Crippen LogP) is 6.49. The molecule has 2 aromatic carbocycles. The minimum absolute atomic E-state index is 0.155. The number of carbonyl (C=O) groups is 2. The monoisotopic (exact) mass is 479 g/mol. The molecule has 1 aliphatic carbocycles. The maximum atomic E-state index is 12.8. The van der Waals surface area contributed by atoms with Crippen LogP contribution in [0.5, 0.6) is 5.75 Å². The number of ether oxygens (including phenoxy) is 2. The Balaban J connectivity index is 1.31. The molecule has 1 atom stereocenters. The third-order valence-corrected chi connectivity index (χ3v) is 7.32. The molecule has 0 aromatic heterocycles. The Kier molecular flexibility index (Phi) is 7.99. The first-order valence-corrected chi connectivity index (χ1v) is 12.8. The fourth-order valence-electron chi connectivity index (χ4n) is 5.14. The highest BCUT2D eigenvalue weighted by molar-refractivity contribution is 5.76. The van der Waals surface area contributed by atoms with Crippen molar-refractivity contribution in [3.05, 3.63) is 65.2 Å². The zero-order valence-corrected chi connectivity index (χ0v) is 20.9. The Morgan fingerprint density at radius 1 is 0.943 bits per heavy atom. The van der Waals surface area contributed by atoms with E-state index >= 15 is 0 Å². The van der Waals surface area contributed by atoms with E-state index in [2.05, 4.69) is 24.3 Å². The van der Waals surface area contributed by atoms with Crippen LogP contribution in [0.3, 0.4) is 0 Å². The summed E-state index contributed by atoms with van der Waals surface area (Å²) in [6.45, 7) is 4.59. The summed E-state index contributed by atoms with van der Waals surface area (Å²) >= 11 is 0. The average molecular weight is 480 g/mol. The minimum Gasteiger partial charge on any atom is -0.478 e. The number of aliphatic carboxylic acids is 1. The molecule has 6 heteroatoms. The van der Waals surface area contributed by atoms with Gasteiger partial charge in [0.1, 0.15) is 12.4 Å². The standard InChI is InChI=1S/C29H37NO5/c1-29(2,27(31)32)35-26-12-6-10-24(18-26)25-11-7-17-30(19-25)28(33)34-20-21-13-15-23(16-14-21)22-8-4-3-5-9-22/h6,10,12-16,18,22,25H,3-5,7-9,11,17,19-20H2,1-2H3,(H,31,32). The van der Waals surface area contributed by atoms with Crippen LogP contribution in [-0.2, 0) is 16.1 Å². The lowest BCUT2D eigenvalue weighted by Gasteiger charge is -2.32. The molecule has 1 amide bonds. The fourth-order valence-corrected chi connectivity index (χ4v) is 5.14. The minimum atomic E-state index is -1.31. The Labute approximate surface area is 208 Å². The Hall–Kier alpha value is -3.02. The van der Waals surface area contributed by atoms with Crippen LogP contribution in [0.1, 0.15) is 87.3 Å². The van der Waals surface area contributed by atoms with Gasteiger partial charge in [-0.25, -0.2) is 9.59 Å². The van der Waals surface area contributed by atoms with E-state index in [1.54, 1.807) is 11.0 Å². The summed E-state index contributed by atoms with van der Waals surface area (Å²) in [5, 5.41) is 9.34.